The van der Waals surface area contributed by atoms with Gasteiger partial charge in [0.25, 0.3) is 5.69 Å². The average molecular weight is 349 g/mol. The lowest BCUT2D eigenvalue weighted by Crippen LogP contribution is -2.38. The van der Waals surface area contributed by atoms with E-state index in [1.54, 1.807) is 17.4 Å². The van der Waals surface area contributed by atoms with Crippen molar-refractivity contribution in [2.24, 2.45) is 0 Å². The van der Waals surface area contributed by atoms with Crippen LogP contribution in [-0.4, -0.2) is 45.7 Å². The van der Waals surface area contributed by atoms with Gasteiger partial charge in [0, 0.05) is 42.7 Å². The second-order valence-corrected chi connectivity index (χ2v) is 6.82. The lowest BCUT2D eigenvalue weighted by atomic mass is 10.0. The van der Waals surface area contributed by atoms with E-state index in [2.05, 4.69) is 9.88 Å². The molecule has 2 aromatic rings. The molecule has 0 aromatic carbocycles. The van der Waals surface area contributed by atoms with Crippen LogP contribution in [0.1, 0.15) is 16.1 Å². The van der Waals surface area contributed by atoms with Crippen molar-refractivity contribution in [3.8, 4) is 0 Å². The highest BCUT2D eigenvalue weighted by Gasteiger charge is 2.22. The van der Waals surface area contributed by atoms with E-state index in [4.69, 9.17) is 4.74 Å². The largest absolute Gasteiger partial charge is 0.389 e. The molecule has 0 saturated heterocycles. The summed E-state index contributed by atoms with van der Waals surface area (Å²) in [6, 6.07) is 5.55. The zero-order chi connectivity index (χ0) is 16.9. The molecular weight excluding hydrogens is 330 g/mol. The molecule has 0 amide bonds. The fraction of sp³-hybridized carbons (Fsp3) is 0.438. The summed E-state index contributed by atoms with van der Waals surface area (Å²) >= 11 is 1.63. The zero-order valence-corrected chi connectivity index (χ0v) is 13.9. The number of hydrogen-bond donors (Lipinski definition) is 1. The minimum atomic E-state index is -0.585. The standard InChI is InChI=1S/C16H19N3O4S/c20-14(10-23-11-15-2-1-5-24-15)9-18-4-3-16-12(8-18)6-13(7-17-16)19(21)22/h1-2,5-7,14,20H,3-4,8-11H2/t14-/m0/s1. The smallest absolute Gasteiger partial charge is 0.287 e. The Morgan fingerprint density at radius 3 is 3.17 bits per heavy atom. The summed E-state index contributed by atoms with van der Waals surface area (Å²) in [5, 5.41) is 23.0. The number of pyridine rings is 1. The highest BCUT2D eigenvalue weighted by molar-refractivity contribution is 7.09. The van der Waals surface area contributed by atoms with E-state index >= 15 is 0 Å². The molecule has 128 valence electrons. The molecule has 0 fully saturated rings. The number of aromatic nitrogens is 1. The minimum Gasteiger partial charge on any atom is -0.389 e. The van der Waals surface area contributed by atoms with Crippen LogP contribution < -0.4 is 0 Å². The average Bonchev–Trinajstić information content (AvgIpc) is 3.07. The number of hydrogen-bond acceptors (Lipinski definition) is 7. The number of nitro groups is 1. The third-order valence-electron chi connectivity index (χ3n) is 3.92. The van der Waals surface area contributed by atoms with E-state index < -0.39 is 11.0 Å². The minimum absolute atomic E-state index is 0.00966. The number of fused-ring (bicyclic) bond motifs is 1. The van der Waals surface area contributed by atoms with Crippen LogP contribution in [0.4, 0.5) is 5.69 Å². The van der Waals surface area contributed by atoms with E-state index in [-0.39, 0.29) is 12.3 Å². The van der Waals surface area contributed by atoms with Crippen LogP contribution in [0.25, 0.3) is 0 Å². The molecule has 1 aliphatic heterocycles. The summed E-state index contributed by atoms with van der Waals surface area (Å²) in [6.07, 6.45) is 1.45. The second-order valence-electron chi connectivity index (χ2n) is 5.79. The molecule has 1 N–H and O–H groups in total. The second kappa shape index (κ2) is 7.80. The Morgan fingerprint density at radius 1 is 1.54 bits per heavy atom. The molecule has 3 rings (SSSR count). The molecule has 2 aromatic heterocycles. The van der Waals surface area contributed by atoms with Gasteiger partial charge in [-0.1, -0.05) is 6.07 Å². The first-order valence-electron chi connectivity index (χ1n) is 7.74. The van der Waals surface area contributed by atoms with Crippen LogP contribution >= 0.6 is 11.3 Å². The maximum absolute atomic E-state index is 10.9. The Kier molecular flexibility index (Phi) is 5.52. The van der Waals surface area contributed by atoms with E-state index in [0.717, 1.165) is 29.1 Å². The molecular formula is C16H19N3O4S. The van der Waals surface area contributed by atoms with Gasteiger partial charge >= 0.3 is 0 Å². The first-order valence-corrected chi connectivity index (χ1v) is 8.62. The highest BCUT2D eigenvalue weighted by Crippen LogP contribution is 2.21. The van der Waals surface area contributed by atoms with Crippen molar-refractivity contribution in [1.82, 2.24) is 9.88 Å². The van der Waals surface area contributed by atoms with Gasteiger partial charge in [0.1, 0.15) is 6.20 Å². The molecule has 7 nitrogen and oxygen atoms in total. The van der Waals surface area contributed by atoms with Gasteiger partial charge in [-0.3, -0.25) is 20.0 Å². The molecule has 0 unspecified atom stereocenters. The van der Waals surface area contributed by atoms with Crippen LogP contribution in [0.5, 0.6) is 0 Å². The van der Waals surface area contributed by atoms with Crippen LogP contribution in [0, 0.1) is 10.1 Å². The Labute approximate surface area is 143 Å². The lowest BCUT2D eigenvalue weighted by Gasteiger charge is -2.29. The summed E-state index contributed by atoms with van der Waals surface area (Å²) in [7, 11) is 0. The fourth-order valence-corrected chi connectivity index (χ4v) is 3.41. The van der Waals surface area contributed by atoms with Crippen molar-refractivity contribution < 1.29 is 14.8 Å². The van der Waals surface area contributed by atoms with E-state index in [0.29, 0.717) is 19.7 Å². The van der Waals surface area contributed by atoms with Crippen LogP contribution in [0.2, 0.25) is 0 Å². The maximum Gasteiger partial charge on any atom is 0.287 e. The Hall–Kier alpha value is -1.87. The number of nitrogens with zero attached hydrogens (tertiary/aromatic N) is 3. The number of ether oxygens (including phenoxy) is 1. The summed E-state index contributed by atoms with van der Waals surface area (Å²) < 4.78 is 5.53. The Morgan fingerprint density at radius 2 is 2.42 bits per heavy atom. The molecule has 0 radical (unpaired) electrons. The van der Waals surface area contributed by atoms with E-state index in [1.807, 2.05) is 17.5 Å². The van der Waals surface area contributed by atoms with Gasteiger partial charge in [0.15, 0.2) is 0 Å². The van der Waals surface area contributed by atoms with Gasteiger partial charge in [0.2, 0.25) is 0 Å². The molecule has 0 saturated carbocycles. The van der Waals surface area contributed by atoms with Crippen molar-refractivity contribution >= 4 is 17.0 Å². The van der Waals surface area contributed by atoms with Crippen LogP contribution in [-0.2, 0) is 24.3 Å². The maximum atomic E-state index is 10.9. The fourth-order valence-electron chi connectivity index (χ4n) is 2.77. The first-order chi connectivity index (χ1) is 11.6. The summed E-state index contributed by atoms with van der Waals surface area (Å²) in [4.78, 5) is 17.8. The molecule has 1 atom stereocenters. The Balaban J connectivity index is 1.49. The molecule has 0 aliphatic carbocycles. The van der Waals surface area contributed by atoms with Crippen molar-refractivity contribution in [2.75, 3.05) is 19.7 Å². The van der Waals surface area contributed by atoms with Crippen molar-refractivity contribution in [1.29, 1.82) is 0 Å². The molecule has 24 heavy (non-hydrogen) atoms. The quantitative estimate of drug-likeness (QED) is 0.607. The van der Waals surface area contributed by atoms with Gasteiger partial charge in [-0.15, -0.1) is 11.3 Å². The summed E-state index contributed by atoms with van der Waals surface area (Å²) in [6.45, 7) is 2.60. The molecule has 8 heteroatoms. The number of thiophene rings is 1. The van der Waals surface area contributed by atoms with Gasteiger partial charge in [-0.2, -0.15) is 0 Å². The predicted octanol–water partition coefficient (Wildman–Crippen LogP) is 1.99. The van der Waals surface area contributed by atoms with Gasteiger partial charge in [0.05, 0.1) is 24.2 Å². The number of β-amino-alcohol motifs (C(OH)–C–C–N with tert-alkyl or cyclic N) is 1. The third kappa shape index (κ3) is 4.35. The Bertz CT molecular complexity index is 693. The third-order valence-corrected chi connectivity index (χ3v) is 4.77. The van der Waals surface area contributed by atoms with Crippen molar-refractivity contribution in [2.45, 2.75) is 25.7 Å². The monoisotopic (exact) mass is 349 g/mol. The van der Waals surface area contributed by atoms with Gasteiger partial charge < -0.3 is 9.84 Å². The van der Waals surface area contributed by atoms with Gasteiger partial charge in [-0.05, 0) is 17.0 Å². The van der Waals surface area contributed by atoms with Crippen LogP contribution in [0.15, 0.2) is 29.8 Å². The number of aliphatic hydroxyl groups excluding tert-OH is 1. The van der Waals surface area contributed by atoms with Gasteiger partial charge in [-0.25, -0.2) is 0 Å². The number of aliphatic hydroxyl groups is 1. The lowest BCUT2D eigenvalue weighted by molar-refractivity contribution is -0.385. The summed E-state index contributed by atoms with van der Waals surface area (Å²) in [5.41, 5.74) is 1.78. The zero-order valence-electron chi connectivity index (χ0n) is 13.1. The SMILES string of the molecule is O=[N+]([O-])c1cnc2c(c1)CN(C[C@H](O)COCc1cccs1)CC2. The van der Waals surface area contributed by atoms with Crippen LogP contribution in [0.3, 0.4) is 0 Å². The molecule has 0 bridgehead atoms. The highest BCUT2D eigenvalue weighted by atomic mass is 32.1. The van der Waals surface area contributed by atoms with Crippen molar-refractivity contribution in [3.63, 3.8) is 0 Å². The van der Waals surface area contributed by atoms with E-state index in [1.165, 1.54) is 6.20 Å². The molecule has 0 spiro atoms. The van der Waals surface area contributed by atoms with Crippen molar-refractivity contribution in [3.05, 3.63) is 56.0 Å². The topological polar surface area (TPSA) is 88.7 Å². The predicted molar refractivity (Wildman–Crippen MR) is 89.9 cm³/mol. The first kappa shape index (κ1) is 17.0. The molecule has 1 aliphatic rings. The normalized spacial score (nSPS) is 15.9. The molecule has 3 heterocycles. The van der Waals surface area contributed by atoms with E-state index in [9.17, 15) is 15.2 Å². The number of rotatable bonds is 7. The summed E-state index contributed by atoms with van der Waals surface area (Å²) in [5.74, 6) is 0.